The molecule has 5 N–H and O–H groups in total. The van der Waals surface area contributed by atoms with Crippen LogP contribution in [0.2, 0.25) is 0 Å². The Morgan fingerprint density at radius 2 is 1.01 bits per heavy atom. The summed E-state index contributed by atoms with van der Waals surface area (Å²) < 4.78 is 5.02. The summed E-state index contributed by atoms with van der Waals surface area (Å²) in [6, 6.07) is 50.3. The van der Waals surface area contributed by atoms with E-state index in [1.807, 2.05) is 115 Å². The van der Waals surface area contributed by atoms with E-state index in [2.05, 4.69) is 99.8 Å². The number of carbonyl (C=O) groups is 2. The van der Waals surface area contributed by atoms with Crippen LogP contribution in [0.25, 0.3) is 114 Å². The first kappa shape index (κ1) is 45.9. The molecule has 0 saturated heterocycles. The number of amides is 1. The largest absolute Gasteiger partial charge is 0.465 e. The highest BCUT2D eigenvalue weighted by molar-refractivity contribution is 5.98. The number of ether oxygens (including phenoxy) is 1. The number of methoxy groups -OCH3 is 1. The van der Waals surface area contributed by atoms with Gasteiger partial charge in [0.25, 0.3) is 5.91 Å². The van der Waals surface area contributed by atoms with E-state index in [-0.39, 0.29) is 11.3 Å². The summed E-state index contributed by atoms with van der Waals surface area (Å²) >= 11 is 0. The summed E-state index contributed by atoms with van der Waals surface area (Å²) in [6.45, 7) is 4.78. The average molecular weight is 992 g/mol. The number of aromatic amines is 4. The fourth-order valence-corrected chi connectivity index (χ4v) is 10.3. The number of fused-ring (bicyclic) bond motifs is 16. The first-order chi connectivity index (χ1) is 37.0. The summed E-state index contributed by atoms with van der Waals surface area (Å²) in [4.78, 5) is 60.8. The van der Waals surface area contributed by atoms with Crippen LogP contribution in [0, 0.1) is 0 Å². The second-order valence-corrected chi connectivity index (χ2v) is 20.1. The highest BCUT2D eigenvalue weighted by Gasteiger charge is 2.29. The smallest absolute Gasteiger partial charge is 0.337 e. The van der Waals surface area contributed by atoms with E-state index < -0.39 is 5.97 Å². The van der Waals surface area contributed by atoms with Crippen molar-refractivity contribution in [1.29, 1.82) is 0 Å². The standard InChI is InChI=1S/C64H49N9O3/c1-64(2)35-52-32-57-53(34-58(73-57)61(40-10-14-42(15-11-40)63(75)76-3)56-27-24-50(71-56)31-47-20-21-51(68-47)33-59(64)72-52)38-6-4-37(5-7-38)36-65-62(74)41-12-8-39(9-13-41)60-54-25-22-48(69-54)29-45-18-16-43(66-45)28-44-17-19-46(67-44)30-49-23-26-55(60)70-49/h4-34,66,68,70,73H,35-36H2,1-3H3,(H,65,74). The quantitative estimate of drug-likeness (QED) is 0.0990. The lowest BCUT2D eigenvalue weighted by atomic mass is 9.87. The second kappa shape index (κ2) is 18.5. The zero-order valence-electron chi connectivity index (χ0n) is 41.8. The molecule has 4 aliphatic rings. The number of hydrogen-bond donors (Lipinski definition) is 5. The normalized spacial score (nSPS) is 13.2. The maximum absolute atomic E-state index is 13.8. The lowest BCUT2D eigenvalue weighted by Crippen LogP contribution is -2.22. The highest BCUT2D eigenvalue weighted by atomic mass is 16.5. The molecule has 9 aromatic rings. The summed E-state index contributed by atoms with van der Waals surface area (Å²) in [5.74, 6) is -0.582. The Morgan fingerprint density at radius 3 is 1.62 bits per heavy atom. The van der Waals surface area contributed by atoms with Gasteiger partial charge in [0.2, 0.25) is 0 Å². The lowest BCUT2D eigenvalue weighted by molar-refractivity contribution is 0.0600. The summed E-state index contributed by atoms with van der Waals surface area (Å²) in [7, 11) is 1.38. The Morgan fingerprint density at radius 1 is 0.500 bits per heavy atom. The van der Waals surface area contributed by atoms with E-state index >= 15 is 0 Å². The van der Waals surface area contributed by atoms with Crippen molar-refractivity contribution in [3.63, 3.8) is 0 Å². The van der Waals surface area contributed by atoms with Crippen molar-refractivity contribution >= 4 is 92.5 Å². The van der Waals surface area contributed by atoms with Gasteiger partial charge in [0.15, 0.2) is 0 Å². The molecule has 1 amide bonds. The molecule has 0 spiro atoms. The number of rotatable bonds is 7. The number of H-pyrrole nitrogens is 4. The molecule has 12 heteroatoms. The van der Waals surface area contributed by atoms with E-state index in [4.69, 9.17) is 24.7 Å². The molecule has 0 unspecified atom stereocenters. The second-order valence-electron chi connectivity index (χ2n) is 20.1. The van der Waals surface area contributed by atoms with Gasteiger partial charge >= 0.3 is 5.97 Å². The Labute approximate surface area is 436 Å². The van der Waals surface area contributed by atoms with Crippen molar-refractivity contribution in [2.75, 3.05) is 7.11 Å². The minimum Gasteiger partial charge on any atom is -0.465 e. The van der Waals surface area contributed by atoms with Gasteiger partial charge in [0, 0.05) is 96.2 Å². The topological polar surface area (TPSA) is 170 Å². The van der Waals surface area contributed by atoms with Crippen LogP contribution in [-0.2, 0) is 23.1 Å². The van der Waals surface area contributed by atoms with Gasteiger partial charge in [0.05, 0.1) is 46.8 Å². The fourth-order valence-electron chi connectivity index (χ4n) is 10.3. The Balaban J connectivity index is 0.822. The van der Waals surface area contributed by atoms with Crippen LogP contribution in [0.5, 0.6) is 0 Å². The van der Waals surface area contributed by atoms with Crippen LogP contribution in [-0.4, -0.2) is 58.9 Å². The number of nitrogens with zero attached hydrogens (tertiary/aromatic N) is 4. The molecule has 3 aromatic carbocycles. The van der Waals surface area contributed by atoms with Crippen molar-refractivity contribution in [3.8, 4) is 33.4 Å². The van der Waals surface area contributed by atoms with Crippen molar-refractivity contribution in [2.24, 2.45) is 0 Å². The van der Waals surface area contributed by atoms with Crippen molar-refractivity contribution < 1.29 is 14.3 Å². The van der Waals surface area contributed by atoms with Gasteiger partial charge in [-0.25, -0.2) is 19.7 Å². The molecule has 0 radical (unpaired) electrons. The summed E-state index contributed by atoms with van der Waals surface area (Å²) in [6.07, 6.45) is 12.9. The molecule has 12 nitrogen and oxygen atoms in total. The van der Waals surface area contributed by atoms with E-state index in [0.717, 1.165) is 135 Å². The fraction of sp³-hybridized carbons (Fsp3) is 0.0938. The Hall–Kier alpha value is -9.94. The first-order valence-corrected chi connectivity index (χ1v) is 25.2. The number of carbonyl (C=O) groups excluding carboxylic acids is 2. The van der Waals surface area contributed by atoms with Crippen LogP contribution in [0.4, 0.5) is 0 Å². The Kier molecular flexibility index (Phi) is 11.2. The average Bonchev–Trinajstić information content (AvgIpc) is 4.31. The molecule has 6 aromatic heterocycles. The number of aromatic nitrogens is 8. The van der Waals surface area contributed by atoms with E-state index in [1.165, 1.54) is 7.11 Å². The van der Waals surface area contributed by atoms with Crippen molar-refractivity contribution in [2.45, 2.75) is 32.2 Å². The lowest BCUT2D eigenvalue weighted by Gasteiger charge is -2.15. The first-order valence-electron chi connectivity index (χ1n) is 25.2. The van der Waals surface area contributed by atoms with Crippen LogP contribution >= 0.6 is 0 Å². The minimum absolute atomic E-state index is 0.180. The van der Waals surface area contributed by atoms with Crippen LogP contribution in [0.3, 0.4) is 0 Å². The van der Waals surface area contributed by atoms with Gasteiger partial charge in [0.1, 0.15) is 0 Å². The number of benzene rings is 3. The van der Waals surface area contributed by atoms with Crippen molar-refractivity contribution in [1.82, 2.24) is 45.2 Å². The molecule has 13 rings (SSSR count). The van der Waals surface area contributed by atoms with Gasteiger partial charge in [-0.15, -0.1) is 0 Å². The molecule has 0 saturated carbocycles. The van der Waals surface area contributed by atoms with E-state index in [1.54, 1.807) is 12.1 Å². The molecule has 368 valence electrons. The van der Waals surface area contributed by atoms with Crippen molar-refractivity contribution in [3.05, 3.63) is 214 Å². The highest BCUT2D eigenvalue weighted by Crippen LogP contribution is 2.37. The van der Waals surface area contributed by atoms with Gasteiger partial charge in [-0.2, -0.15) is 0 Å². The van der Waals surface area contributed by atoms with Gasteiger partial charge in [-0.05, 0) is 162 Å². The molecular formula is C64H49N9O3. The molecule has 76 heavy (non-hydrogen) atoms. The summed E-state index contributed by atoms with van der Waals surface area (Å²) in [5.41, 5.74) is 21.6. The van der Waals surface area contributed by atoms with Gasteiger partial charge in [-0.3, -0.25) is 9.78 Å². The van der Waals surface area contributed by atoms with Crippen LogP contribution in [0.1, 0.15) is 85.7 Å². The van der Waals surface area contributed by atoms with E-state index in [0.29, 0.717) is 17.7 Å². The Bertz CT molecular complexity index is 4300. The van der Waals surface area contributed by atoms with Gasteiger partial charge in [-0.1, -0.05) is 62.4 Å². The number of hydrogen-bond acceptors (Lipinski definition) is 7. The molecule has 16 bridgehead atoms. The predicted octanol–water partition coefficient (Wildman–Crippen LogP) is 13.7. The molecule has 0 aliphatic carbocycles. The van der Waals surface area contributed by atoms with Crippen LogP contribution < -0.4 is 5.32 Å². The predicted molar refractivity (Wildman–Crippen MR) is 304 cm³/mol. The van der Waals surface area contributed by atoms with E-state index in [9.17, 15) is 9.59 Å². The SMILES string of the molecule is COC(=O)c1ccc(-c2c3nc(cc4ccc(cc5nc(cc6[nH]c2cc6-c2ccc(CNC(=O)c6ccc(-c7c8nc(cc9ccc(cc%10nc(cc%11ccc7[nH]%11)C=C%10)[nH]9)C=C8)cc6)cc2)CC5(C)C)[nH]4)C=C3)cc1. The monoisotopic (exact) mass is 991 g/mol. The molecule has 10 heterocycles. The number of nitrogens with one attached hydrogen (secondary N) is 5. The van der Waals surface area contributed by atoms with Gasteiger partial charge < -0.3 is 30.0 Å². The zero-order valence-corrected chi connectivity index (χ0v) is 41.8. The molecule has 4 aliphatic heterocycles. The molecular weight excluding hydrogens is 943 g/mol. The maximum Gasteiger partial charge on any atom is 0.337 e. The number of esters is 1. The third-order valence-corrected chi connectivity index (χ3v) is 14.2. The third kappa shape index (κ3) is 9.02. The molecule has 0 atom stereocenters. The zero-order chi connectivity index (χ0) is 51.5. The minimum atomic E-state index is -0.402. The third-order valence-electron chi connectivity index (χ3n) is 14.2. The molecule has 0 fully saturated rings. The maximum atomic E-state index is 13.8. The summed E-state index contributed by atoms with van der Waals surface area (Å²) in [5, 5.41) is 3.15. The van der Waals surface area contributed by atoms with Crippen LogP contribution in [0.15, 0.2) is 152 Å².